The van der Waals surface area contributed by atoms with Gasteiger partial charge in [0.2, 0.25) is 5.91 Å². The fraction of sp³-hybridized carbons (Fsp3) is 0.0556. The normalized spacial score (nSPS) is 13.2. The summed E-state index contributed by atoms with van der Waals surface area (Å²) in [6, 6.07) is 19.0. The van der Waals surface area contributed by atoms with Gasteiger partial charge in [0, 0.05) is 0 Å². The first-order valence-corrected chi connectivity index (χ1v) is 8.01. The molecule has 1 unspecified atom stereocenters. The number of nitrogens with two attached hydrogens (primary N) is 1. The van der Waals surface area contributed by atoms with E-state index in [-0.39, 0.29) is 9.83 Å². The Kier molecular flexibility index (Phi) is 2.79. The Balaban J connectivity index is 2.23. The van der Waals surface area contributed by atoms with E-state index in [0.29, 0.717) is 0 Å². The number of rotatable bonds is 2. The van der Waals surface area contributed by atoms with Gasteiger partial charge in [-0.2, -0.15) is 0 Å². The van der Waals surface area contributed by atoms with Gasteiger partial charge in [0.05, 0.1) is 0 Å². The zero-order chi connectivity index (χ0) is 14.6. The molecule has 0 radical (unpaired) electrons. The van der Waals surface area contributed by atoms with Crippen LogP contribution in [-0.4, -0.2) is 5.91 Å². The first-order chi connectivity index (χ1) is 10.2. The highest BCUT2D eigenvalue weighted by Crippen LogP contribution is 2.39. The molecule has 0 aromatic heterocycles. The number of carbonyl (C=O) groups is 1. The SMILES string of the molecule is NC(=O)C(I)c1ccc2ccc3cccc4ccc1c2c34. The molecule has 1 atom stereocenters. The molecule has 102 valence electrons. The van der Waals surface area contributed by atoms with Gasteiger partial charge in [0.1, 0.15) is 3.92 Å². The zero-order valence-electron chi connectivity index (χ0n) is 11.1. The van der Waals surface area contributed by atoms with E-state index in [9.17, 15) is 4.79 Å². The summed E-state index contributed by atoms with van der Waals surface area (Å²) in [5.41, 5.74) is 6.49. The Morgan fingerprint density at radius 3 is 2.10 bits per heavy atom. The van der Waals surface area contributed by atoms with Gasteiger partial charge in [-0.1, -0.05) is 77.2 Å². The lowest BCUT2D eigenvalue weighted by Gasteiger charge is -2.15. The molecule has 0 bridgehead atoms. The Hall–Kier alpha value is -1.88. The van der Waals surface area contributed by atoms with Gasteiger partial charge >= 0.3 is 0 Å². The number of carbonyl (C=O) groups excluding carboxylic acids is 1. The van der Waals surface area contributed by atoms with Gasteiger partial charge in [-0.05, 0) is 37.9 Å². The second-order valence-electron chi connectivity index (χ2n) is 5.28. The Labute approximate surface area is 135 Å². The second kappa shape index (κ2) is 4.56. The molecule has 0 spiro atoms. The minimum absolute atomic E-state index is 0.300. The van der Waals surface area contributed by atoms with E-state index in [2.05, 4.69) is 71.1 Å². The maximum absolute atomic E-state index is 11.6. The maximum Gasteiger partial charge on any atom is 0.234 e. The van der Waals surface area contributed by atoms with Gasteiger partial charge < -0.3 is 5.73 Å². The van der Waals surface area contributed by atoms with Crippen molar-refractivity contribution in [2.45, 2.75) is 3.92 Å². The number of amides is 1. The average Bonchev–Trinajstić information content (AvgIpc) is 2.51. The number of hydrogen-bond acceptors (Lipinski definition) is 1. The monoisotopic (exact) mass is 385 g/mol. The molecule has 3 heteroatoms. The molecule has 4 aromatic carbocycles. The topological polar surface area (TPSA) is 43.1 Å². The fourth-order valence-electron chi connectivity index (χ4n) is 3.13. The predicted octanol–water partition coefficient (Wildman–Crippen LogP) is 4.55. The van der Waals surface area contributed by atoms with Gasteiger partial charge in [0.25, 0.3) is 0 Å². The fourth-order valence-corrected chi connectivity index (χ4v) is 3.68. The van der Waals surface area contributed by atoms with Crippen LogP contribution in [0.3, 0.4) is 0 Å². The molecule has 4 rings (SSSR count). The van der Waals surface area contributed by atoms with Crippen LogP contribution in [0.2, 0.25) is 0 Å². The van der Waals surface area contributed by atoms with Crippen molar-refractivity contribution in [1.82, 2.24) is 0 Å². The highest BCUT2D eigenvalue weighted by Gasteiger charge is 2.18. The van der Waals surface area contributed by atoms with Crippen LogP contribution in [0.25, 0.3) is 32.3 Å². The van der Waals surface area contributed by atoms with Crippen molar-refractivity contribution in [1.29, 1.82) is 0 Å². The minimum atomic E-state index is -0.313. The summed E-state index contributed by atoms with van der Waals surface area (Å²) in [5, 5.41) is 7.27. The molecular formula is C18H12INO. The van der Waals surface area contributed by atoms with Gasteiger partial charge in [-0.15, -0.1) is 0 Å². The van der Waals surface area contributed by atoms with Crippen LogP contribution >= 0.6 is 22.6 Å². The molecule has 0 aliphatic heterocycles. The lowest BCUT2D eigenvalue weighted by atomic mass is 9.91. The molecular weight excluding hydrogens is 373 g/mol. The van der Waals surface area contributed by atoms with E-state index in [1.807, 2.05) is 6.07 Å². The van der Waals surface area contributed by atoms with E-state index in [1.165, 1.54) is 26.9 Å². The smallest absolute Gasteiger partial charge is 0.234 e. The third kappa shape index (κ3) is 1.80. The van der Waals surface area contributed by atoms with Crippen LogP contribution in [0, 0.1) is 0 Å². The largest absolute Gasteiger partial charge is 0.368 e. The third-order valence-electron chi connectivity index (χ3n) is 4.09. The van der Waals surface area contributed by atoms with Crippen molar-refractivity contribution >= 4 is 60.8 Å². The summed E-state index contributed by atoms with van der Waals surface area (Å²) < 4.78 is -0.313. The molecule has 4 aromatic rings. The molecule has 1 amide bonds. The van der Waals surface area contributed by atoms with Crippen molar-refractivity contribution in [3.8, 4) is 0 Å². The van der Waals surface area contributed by atoms with Crippen molar-refractivity contribution in [3.63, 3.8) is 0 Å². The van der Waals surface area contributed by atoms with E-state index >= 15 is 0 Å². The number of alkyl halides is 1. The van der Waals surface area contributed by atoms with Crippen LogP contribution in [0.4, 0.5) is 0 Å². The predicted molar refractivity (Wildman–Crippen MR) is 96.1 cm³/mol. The van der Waals surface area contributed by atoms with Crippen LogP contribution in [0.5, 0.6) is 0 Å². The summed E-state index contributed by atoms with van der Waals surface area (Å²) in [4.78, 5) is 11.6. The molecule has 2 N–H and O–H groups in total. The first kappa shape index (κ1) is 12.8. The second-order valence-corrected chi connectivity index (χ2v) is 6.52. The maximum atomic E-state index is 11.6. The van der Waals surface area contributed by atoms with Gasteiger partial charge in [0.15, 0.2) is 0 Å². The summed E-state index contributed by atoms with van der Waals surface area (Å²) in [5.74, 6) is -0.300. The van der Waals surface area contributed by atoms with E-state index in [0.717, 1.165) is 10.9 Å². The van der Waals surface area contributed by atoms with Crippen molar-refractivity contribution in [3.05, 3.63) is 60.2 Å². The number of benzene rings is 4. The third-order valence-corrected chi connectivity index (χ3v) is 5.37. The zero-order valence-corrected chi connectivity index (χ0v) is 13.3. The summed E-state index contributed by atoms with van der Waals surface area (Å²) in [6.45, 7) is 0. The van der Waals surface area contributed by atoms with E-state index in [4.69, 9.17) is 5.73 Å². The van der Waals surface area contributed by atoms with E-state index < -0.39 is 0 Å². The van der Waals surface area contributed by atoms with Gasteiger partial charge in [-0.25, -0.2) is 0 Å². The Bertz CT molecular complexity index is 977. The Morgan fingerprint density at radius 1 is 0.857 bits per heavy atom. The van der Waals surface area contributed by atoms with E-state index in [1.54, 1.807) is 0 Å². The highest BCUT2D eigenvalue weighted by atomic mass is 127. The van der Waals surface area contributed by atoms with Gasteiger partial charge in [-0.3, -0.25) is 4.79 Å². The first-order valence-electron chi connectivity index (χ1n) is 6.76. The van der Waals surface area contributed by atoms with Crippen molar-refractivity contribution in [2.75, 3.05) is 0 Å². The quantitative estimate of drug-likeness (QED) is 0.307. The molecule has 21 heavy (non-hydrogen) atoms. The van der Waals surface area contributed by atoms with Crippen molar-refractivity contribution < 1.29 is 4.79 Å². The molecule has 0 aliphatic carbocycles. The summed E-state index contributed by atoms with van der Waals surface area (Å²) in [6.07, 6.45) is 0. The molecule has 0 heterocycles. The van der Waals surface area contributed by atoms with Crippen molar-refractivity contribution in [2.24, 2.45) is 5.73 Å². The number of hydrogen-bond donors (Lipinski definition) is 1. The average molecular weight is 385 g/mol. The Morgan fingerprint density at radius 2 is 1.43 bits per heavy atom. The summed E-state index contributed by atoms with van der Waals surface area (Å²) >= 11 is 2.12. The van der Waals surface area contributed by atoms with Crippen LogP contribution < -0.4 is 5.73 Å². The molecule has 0 aliphatic rings. The lowest BCUT2D eigenvalue weighted by molar-refractivity contribution is -0.117. The highest BCUT2D eigenvalue weighted by molar-refractivity contribution is 14.1. The molecule has 0 fully saturated rings. The number of primary amides is 1. The molecule has 0 saturated carbocycles. The number of halogens is 1. The molecule has 0 saturated heterocycles. The standard InChI is InChI=1S/C18H12INO/c19-17(18(20)21)14-9-7-12-5-4-10-2-1-3-11-6-8-13(14)16(12)15(10)11/h1-9,17H,(H2,20,21). The lowest BCUT2D eigenvalue weighted by Crippen LogP contribution is -2.16. The molecule has 2 nitrogen and oxygen atoms in total. The van der Waals surface area contributed by atoms with Crippen LogP contribution in [0.15, 0.2) is 54.6 Å². The van der Waals surface area contributed by atoms with Crippen LogP contribution in [0.1, 0.15) is 9.49 Å². The minimum Gasteiger partial charge on any atom is -0.368 e. The summed E-state index contributed by atoms with van der Waals surface area (Å²) in [7, 11) is 0. The van der Waals surface area contributed by atoms with Crippen LogP contribution in [-0.2, 0) is 4.79 Å².